The number of nitrogens with two attached hydrogens (primary N) is 2. The van der Waals surface area contributed by atoms with Gasteiger partial charge in [-0.3, -0.25) is 14.4 Å². The molecule has 0 saturated carbocycles. The van der Waals surface area contributed by atoms with E-state index in [1.807, 2.05) is 18.2 Å². The van der Waals surface area contributed by atoms with Gasteiger partial charge in [0.1, 0.15) is 0 Å². The maximum atomic E-state index is 11.8. The minimum absolute atomic E-state index is 0.0129. The maximum Gasteiger partial charge on any atom is 0.303 e. The highest BCUT2D eigenvalue weighted by atomic mass is 35.5. The van der Waals surface area contributed by atoms with Crippen molar-refractivity contribution in [1.29, 1.82) is 0 Å². The molecule has 2 saturated heterocycles. The van der Waals surface area contributed by atoms with Crippen molar-refractivity contribution in [3.8, 4) is 0 Å². The van der Waals surface area contributed by atoms with Gasteiger partial charge in [0, 0.05) is 31.1 Å². The number of carbonyl (C=O) groups is 3. The second kappa shape index (κ2) is 11.1. The summed E-state index contributed by atoms with van der Waals surface area (Å²) in [5.41, 5.74) is 7.72. The summed E-state index contributed by atoms with van der Waals surface area (Å²) < 4.78 is 20.4. The Morgan fingerprint density at radius 1 is 1.35 bits per heavy atom. The zero-order valence-electron chi connectivity index (χ0n) is 16.6. The Labute approximate surface area is 189 Å². The van der Waals surface area contributed by atoms with Crippen LogP contribution in [0.25, 0.3) is 6.08 Å². The molecule has 0 aliphatic carbocycles. The van der Waals surface area contributed by atoms with E-state index in [0.717, 1.165) is 42.5 Å². The standard InChI is InChI=1S/C15H15ClN2O2S.C4H9NO4S/c16-11-3-1-2-9(6-13-12(19)7-14(20)21-13)15(11)18-5-4-10(17)8-18;5-10(8,9)3-1-2-4(6)7/h1-3,6,10H,4-5,7-8,17H2;1-3H2,(H,6,7)(H2,5,8,9)/b13-6-;/t10-;/m0./s1. The van der Waals surface area contributed by atoms with Crippen molar-refractivity contribution in [1.82, 2.24) is 0 Å². The number of rotatable bonds is 6. The molecule has 0 radical (unpaired) electrons. The summed E-state index contributed by atoms with van der Waals surface area (Å²) in [5.74, 6) is -1.39. The number of sulfonamides is 1. The molecule has 2 heterocycles. The maximum absolute atomic E-state index is 11.8. The highest BCUT2D eigenvalue weighted by Gasteiger charge is 2.27. The number of hydrogen-bond acceptors (Lipinski definition) is 8. The lowest BCUT2D eigenvalue weighted by Crippen LogP contribution is -2.26. The lowest BCUT2D eigenvalue weighted by atomic mass is 10.1. The third-order valence-corrected chi connectivity index (χ3v) is 6.57. The van der Waals surface area contributed by atoms with E-state index in [1.165, 1.54) is 0 Å². The van der Waals surface area contributed by atoms with Gasteiger partial charge in [-0.25, -0.2) is 13.6 Å². The molecule has 0 aromatic heterocycles. The number of carbonyl (C=O) groups excluding carboxylic acids is 2. The molecule has 12 heteroatoms. The second-order valence-corrected chi connectivity index (χ2v) is 10.4. The summed E-state index contributed by atoms with van der Waals surface area (Å²) in [7, 11) is -3.48. The van der Waals surface area contributed by atoms with Crippen LogP contribution in [0.4, 0.5) is 5.69 Å². The first-order valence-corrected chi connectivity index (χ1v) is 12.3. The summed E-state index contributed by atoms with van der Waals surface area (Å²) in [5, 5.41) is 13.2. The molecule has 2 aliphatic rings. The van der Waals surface area contributed by atoms with E-state index in [2.05, 4.69) is 10.0 Å². The van der Waals surface area contributed by atoms with Gasteiger partial charge in [-0.05, 0) is 36.7 Å². The number of halogens is 1. The number of allylic oxidation sites excluding steroid dienone is 1. The number of aliphatic carboxylic acids is 1. The summed E-state index contributed by atoms with van der Waals surface area (Å²) in [6.45, 7) is 1.60. The van der Waals surface area contributed by atoms with Crippen LogP contribution in [0.1, 0.15) is 31.2 Å². The molecule has 1 aromatic carbocycles. The van der Waals surface area contributed by atoms with Crippen molar-refractivity contribution in [3.05, 3.63) is 33.7 Å². The van der Waals surface area contributed by atoms with E-state index in [1.54, 1.807) is 6.08 Å². The summed E-state index contributed by atoms with van der Waals surface area (Å²) in [4.78, 5) is 35.6. The van der Waals surface area contributed by atoms with E-state index in [0.29, 0.717) is 9.93 Å². The average molecular weight is 490 g/mol. The molecule has 0 spiro atoms. The van der Waals surface area contributed by atoms with Gasteiger partial charge in [-0.1, -0.05) is 23.7 Å². The largest absolute Gasteiger partial charge is 0.481 e. The Balaban J connectivity index is 0.000000291. The fraction of sp³-hybridized carbons (Fsp3) is 0.421. The number of benzene rings is 1. The van der Waals surface area contributed by atoms with Gasteiger partial charge in [0.25, 0.3) is 0 Å². The summed E-state index contributed by atoms with van der Waals surface area (Å²) in [6.07, 6.45) is 2.60. The number of Topliss-reactive ketones (excluding diaryl/α,β-unsaturated/α-hetero) is 1. The van der Waals surface area contributed by atoms with Crippen molar-refractivity contribution in [2.24, 2.45) is 10.9 Å². The lowest BCUT2D eigenvalue weighted by molar-refractivity contribution is -0.137. The molecule has 0 amide bonds. The number of anilines is 1. The molecule has 9 nitrogen and oxygen atoms in total. The van der Waals surface area contributed by atoms with Gasteiger partial charge >= 0.3 is 5.97 Å². The lowest BCUT2D eigenvalue weighted by Gasteiger charge is -2.22. The van der Waals surface area contributed by atoms with E-state index >= 15 is 0 Å². The Kier molecular flexibility index (Phi) is 9.07. The van der Waals surface area contributed by atoms with Gasteiger partial charge in [-0.15, -0.1) is 0 Å². The topological polar surface area (TPSA) is 161 Å². The quantitative estimate of drug-likeness (QED) is 0.398. The molecule has 5 N–H and O–H groups in total. The van der Waals surface area contributed by atoms with Crippen LogP contribution in [0, 0.1) is 0 Å². The van der Waals surface area contributed by atoms with Crippen molar-refractivity contribution < 1.29 is 27.9 Å². The number of ketones is 1. The molecule has 31 heavy (non-hydrogen) atoms. The first-order valence-electron chi connectivity index (χ1n) is 9.43. The highest BCUT2D eigenvalue weighted by Crippen LogP contribution is 2.37. The Morgan fingerprint density at radius 3 is 2.58 bits per heavy atom. The van der Waals surface area contributed by atoms with Gasteiger partial charge in [0.15, 0.2) is 5.78 Å². The number of hydrogen-bond donors (Lipinski definition) is 3. The zero-order valence-corrected chi connectivity index (χ0v) is 19.0. The average Bonchev–Trinajstić information content (AvgIpc) is 3.19. The predicted molar refractivity (Wildman–Crippen MR) is 121 cm³/mol. The van der Waals surface area contributed by atoms with Crippen molar-refractivity contribution in [2.45, 2.75) is 31.7 Å². The molecule has 1 aromatic rings. The van der Waals surface area contributed by atoms with Crippen LogP contribution >= 0.6 is 23.4 Å². The Hall–Kier alpha value is -1.92. The van der Waals surface area contributed by atoms with Crippen molar-refractivity contribution in [2.75, 3.05) is 23.7 Å². The first kappa shape index (κ1) is 25.3. The SMILES string of the molecule is NS(=O)(=O)CCCC(=O)O.N[C@H]1CCN(c2c(Cl)cccc2/C=C2\SC(=O)CC2=O)C1. The summed E-state index contributed by atoms with van der Waals surface area (Å²) in [6, 6.07) is 5.73. The summed E-state index contributed by atoms with van der Waals surface area (Å²) >= 11 is 7.35. The van der Waals surface area contributed by atoms with Crippen molar-refractivity contribution in [3.63, 3.8) is 0 Å². The second-order valence-electron chi connectivity index (χ2n) is 7.12. The normalized spacial score (nSPS) is 20.2. The zero-order chi connectivity index (χ0) is 23.2. The molecule has 1 atom stereocenters. The molecule has 0 bridgehead atoms. The van der Waals surface area contributed by atoms with Gasteiger partial charge in [0.05, 0.1) is 27.8 Å². The number of nitrogens with zero attached hydrogens (tertiary/aromatic N) is 1. The molecule has 2 fully saturated rings. The van der Waals surface area contributed by atoms with Crippen LogP contribution < -0.4 is 15.8 Å². The minimum atomic E-state index is -3.48. The van der Waals surface area contributed by atoms with Crippen LogP contribution in [0.3, 0.4) is 0 Å². The molecule has 0 unspecified atom stereocenters. The third-order valence-electron chi connectivity index (χ3n) is 4.47. The smallest absolute Gasteiger partial charge is 0.303 e. The van der Waals surface area contributed by atoms with E-state index < -0.39 is 16.0 Å². The molecular weight excluding hydrogens is 466 g/mol. The molecular formula is C19H24ClN3O6S2. The van der Waals surface area contributed by atoms with E-state index in [4.69, 9.17) is 22.4 Å². The number of carboxylic acid groups (broad SMARTS) is 1. The van der Waals surface area contributed by atoms with E-state index in [9.17, 15) is 22.8 Å². The van der Waals surface area contributed by atoms with Crippen molar-refractivity contribution >= 4 is 62.0 Å². The highest BCUT2D eigenvalue weighted by molar-refractivity contribution is 8.18. The van der Waals surface area contributed by atoms with Gasteiger partial charge < -0.3 is 15.7 Å². The minimum Gasteiger partial charge on any atom is -0.481 e. The fourth-order valence-corrected chi connectivity index (χ4v) is 4.75. The predicted octanol–water partition coefficient (Wildman–Crippen LogP) is 1.59. The Morgan fingerprint density at radius 2 is 2.06 bits per heavy atom. The first-order chi connectivity index (χ1) is 14.5. The number of carboxylic acids is 1. The third kappa shape index (κ3) is 8.26. The van der Waals surface area contributed by atoms with Crippen LogP contribution in [0.2, 0.25) is 5.02 Å². The van der Waals surface area contributed by atoms with Crippen LogP contribution in [0.15, 0.2) is 23.1 Å². The molecule has 170 valence electrons. The van der Waals surface area contributed by atoms with Gasteiger partial charge in [-0.2, -0.15) is 0 Å². The van der Waals surface area contributed by atoms with Crippen LogP contribution in [0.5, 0.6) is 0 Å². The van der Waals surface area contributed by atoms with Crippen LogP contribution in [-0.2, 0) is 24.4 Å². The molecule has 2 aliphatic heterocycles. The number of thioether (sulfide) groups is 1. The fourth-order valence-electron chi connectivity index (χ4n) is 3.08. The van der Waals surface area contributed by atoms with Gasteiger partial charge in [0.2, 0.25) is 15.1 Å². The van der Waals surface area contributed by atoms with E-state index in [-0.39, 0.29) is 42.0 Å². The molecule has 3 rings (SSSR count). The van der Waals surface area contributed by atoms with Crippen LogP contribution in [-0.4, -0.2) is 55.3 Å². The Bertz CT molecular complexity index is 996. The number of primary sulfonamides is 1. The number of para-hydroxylation sites is 1. The monoisotopic (exact) mass is 489 g/mol.